The summed E-state index contributed by atoms with van der Waals surface area (Å²) >= 11 is 0. The second-order valence-corrected chi connectivity index (χ2v) is 10.7. The second kappa shape index (κ2) is 20.4. The van der Waals surface area contributed by atoms with Gasteiger partial charge >= 0.3 is 24.4 Å². The Labute approximate surface area is 253 Å². The zero-order valence-corrected chi connectivity index (χ0v) is 25.6. The summed E-state index contributed by atoms with van der Waals surface area (Å²) in [5, 5.41) is 12.7. The van der Waals surface area contributed by atoms with Crippen molar-refractivity contribution < 1.29 is 52.7 Å². The van der Waals surface area contributed by atoms with Gasteiger partial charge in [0.05, 0.1) is 13.2 Å². The molecule has 2 atom stereocenters. The van der Waals surface area contributed by atoms with E-state index in [9.17, 15) is 24.3 Å². The van der Waals surface area contributed by atoms with Gasteiger partial charge in [0, 0.05) is 6.54 Å². The predicted molar refractivity (Wildman–Crippen MR) is 156 cm³/mol. The highest BCUT2D eigenvalue weighted by Gasteiger charge is 2.24. The van der Waals surface area contributed by atoms with E-state index in [1.165, 1.54) is 12.1 Å². The maximum Gasteiger partial charge on any atom is 0.513 e. The van der Waals surface area contributed by atoms with Crippen LogP contribution in [0.1, 0.15) is 97.0 Å². The third kappa shape index (κ3) is 15.0. The molecule has 43 heavy (non-hydrogen) atoms. The Morgan fingerprint density at radius 2 is 1.47 bits per heavy atom. The summed E-state index contributed by atoms with van der Waals surface area (Å²) in [6, 6.07) is 3.29. The van der Waals surface area contributed by atoms with Crippen molar-refractivity contribution in [3.63, 3.8) is 0 Å². The molecule has 2 rings (SSSR count). The van der Waals surface area contributed by atoms with E-state index in [1.807, 2.05) is 13.8 Å². The highest BCUT2D eigenvalue weighted by Crippen LogP contribution is 2.30. The van der Waals surface area contributed by atoms with Gasteiger partial charge in [0.2, 0.25) is 0 Å². The summed E-state index contributed by atoms with van der Waals surface area (Å²) in [7, 11) is 0. The van der Waals surface area contributed by atoms with E-state index in [1.54, 1.807) is 13.0 Å². The van der Waals surface area contributed by atoms with Gasteiger partial charge < -0.3 is 38.8 Å². The minimum absolute atomic E-state index is 0.0156. The summed E-state index contributed by atoms with van der Waals surface area (Å²) < 4.78 is 31.4. The number of carboxylic acids is 1. The van der Waals surface area contributed by atoms with Gasteiger partial charge in [0.1, 0.15) is 18.2 Å². The van der Waals surface area contributed by atoms with Gasteiger partial charge in [-0.15, -0.1) is 0 Å². The van der Waals surface area contributed by atoms with Crippen molar-refractivity contribution in [3.8, 4) is 11.5 Å². The molecule has 12 heteroatoms. The number of hydrogen-bond acceptors (Lipinski definition) is 11. The Kier molecular flexibility index (Phi) is 16.9. The third-order valence-corrected chi connectivity index (χ3v) is 6.83. The van der Waals surface area contributed by atoms with Crippen LogP contribution < -0.4 is 14.8 Å². The highest BCUT2D eigenvalue weighted by atomic mass is 16.7. The van der Waals surface area contributed by atoms with Gasteiger partial charge in [-0.25, -0.2) is 14.4 Å². The fourth-order valence-electron chi connectivity index (χ4n) is 4.44. The molecule has 12 nitrogen and oxygen atoms in total. The Bertz CT molecular complexity index is 1010. The molecule has 2 N–H and O–H groups in total. The number of aliphatic carboxylic acids is 1. The molecule has 1 aliphatic rings. The van der Waals surface area contributed by atoms with E-state index in [0.29, 0.717) is 18.4 Å². The van der Waals surface area contributed by atoms with Crippen molar-refractivity contribution in [2.75, 3.05) is 19.8 Å². The lowest BCUT2D eigenvalue weighted by Crippen LogP contribution is -2.43. The van der Waals surface area contributed by atoms with Crippen LogP contribution in [0.4, 0.5) is 14.4 Å². The normalized spacial score (nSPS) is 14.7. The van der Waals surface area contributed by atoms with Gasteiger partial charge in [0.25, 0.3) is 0 Å². The Morgan fingerprint density at radius 1 is 0.860 bits per heavy atom. The van der Waals surface area contributed by atoms with Crippen LogP contribution in [0, 0.1) is 0 Å². The topological polar surface area (TPSA) is 156 Å². The Hall–Kier alpha value is -3.54. The first-order chi connectivity index (χ1) is 20.7. The van der Waals surface area contributed by atoms with Crippen LogP contribution in [0.3, 0.4) is 0 Å². The van der Waals surface area contributed by atoms with Crippen molar-refractivity contribution >= 4 is 24.4 Å². The number of rotatable bonds is 18. The quantitative estimate of drug-likeness (QED) is 0.0801. The van der Waals surface area contributed by atoms with E-state index in [-0.39, 0.29) is 43.8 Å². The van der Waals surface area contributed by atoms with Gasteiger partial charge in [-0.2, -0.15) is 0 Å². The highest BCUT2D eigenvalue weighted by molar-refractivity contribution is 5.74. The first kappa shape index (κ1) is 35.7. The van der Waals surface area contributed by atoms with E-state index >= 15 is 0 Å². The number of benzene rings is 1. The molecule has 242 valence electrons. The van der Waals surface area contributed by atoms with Crippen LogP contribution in [-0.4, -0.2) is 67.6 Å². The summed E-state index contributed by atoms with van der Waals surface area (Å²) in [5.74, 6) is -1.33. The van der Waals surface area contributed by atoms with Gasteiger partial charge in [-0.3, -0.25) is 4.79 Å². The third-order valence-electron chi connectivity index (χ3n) is 6.83. The second-order valence-electron chi connectivity index (χ2n) is 10.7. The molecule has 1 fully saturated rings. The van der Waals surface area contributed by atoms with Crippen LogP contribution in [-0.2, 0) is 30.2 Å². The smallest absolute Gasteiger partial charge is 0.480 e. The lowest BCUT2D eigenvalue weighted by Gasteiger charge is -2.23. The van der Waals surface area contributed by atoms with Crippen LogP contribution >= 0.6 is 0 Å². The average Bonchev–Trinajstić information content (AvgIpc) is 2.97. The number of carboxylic acid groups (broad SMARTS) is 1. The molecule has 1 aromatic rings. The minimum atomic E-state index is -1.13. The molecule has 1 saturated carbocycles. The Balaban J connectivity index is 2.02. The number of hydrogen-bond donors (Lipinski definition) is 2. The fourth-order valence-corrected chi connectivity index (χ4v) is 4.44. The van der Waals surface area contributed by atoms with Crippen LogP contribution in [0.25, 0.3) is 0 Å². The molecule has 0 aromatic heterocycles. The summed E-state index contributed by atoms with van der Waals surface area (Å²) in [4.78, 5) is 48.6. The molecule has 0 bridgehead atoms. The molecule has 0 saturated heterocycles. The average molecular weight is 610 g/mol. The van der Waals surface area contributed by atoms with Crippen molar-refractivity contribution in [1.29, 1.82) is 0 Å². The van der Waals surface area contributed by atoms with E-state index in [0.717, 1.165) is 57.8 Å². The summed E-state index contributed by atoms with van der Waals surface area (Å²) in [6.45, 7) is 6.11. The fraction of sp³-hybridized carbons (Fsp3) is 0.677. The van der Waals surface area contributed by atoms with E-state index in [2.05, 4.69) is 5.32 Å². The van der Waals surface area contributed by atoms with Crippen molar-refractivity contribution in [3.05, 3.63) is 23.8 Å². The first-order valence-corrected chi connectivity index (χ1v) is 15.4. The predicted octanol–water partition coefficient (Wildman–Crippen LogP) is 6.56. The maximum atomic E-state index is 12.3. The standard InChI is InChI=1S/C31H47NO11/c1-4-6-11-17-38-29(35)42-26-16-15-23(20-27(26)43-30(36)39-18-12-7-5-2)19-25(28(33)34)32-21-22(3)40-31(37)41-24-13-9-8-10-14-24/h15-16,20,22,24-25,32H,4-14,17-19,21H2,1-3H3,(H,33,34)/t22?,25-/m0/s1. The maximum absolute atomic E-state index is 12.3. The summed E-state index contributed by atoms with van der Waals surface area (Å²) in [5.41, 5.74) is 0.475. The summed E-state index contributed by atoms with van der Waals surface area (Å²) in [6.07, 6.45) is 6.34. The van der Waals surface area contributed by atoms with E-state index < -0.39 is 36.6 Å². The largest absolute Gasteiger partial charge is 0.513 e. The lowest BCUT2D eigenvalue weighted by molar-refractivity contribution is -0.139. The lowest BCUT2D eigenvalue weighted by atomic mass is 9.98. The molecule has 0 amide bonds. The molecular formula is C31H47NO11. The van der Waals surface area contributed by atoms with Gasteiger partial charge in [0.15, 0.2) is 11.5 Å². The van der Waals surface area contributed by atoms with Gasteiger partial charge in [-0.05, 0) is 69.6 Å². The Morgan fingerprint density at radius 3 is 2.05 bits per heavy atom. The van der Waals surface area contributed by atoms with Crippen molar-refractivity contribution in [1.82, 2.24) is 5.32 Å². The molecule has 1 aliphatic carbocycles. The van der Waals surface area contributed by atoms with Crippen LogP contribution in [0.2, 0.25) is 0 Å². The zero-order valence-electron chi connectivity index (χ0n) is 25.6. The number of carbonyl (C=O) groups is 4. The monoisotopic (exact) mass is 609 g/mol. The number of ether oxygens (including phenoxy) is 6. The van der Waals surface area contributed by atoms with Gasteiger partial charge in [-0.1, -0.05) is 52.0 Å². The van der Waals surface area contributed by atoms with Crippen molar-refractivity contribution in [2.24, 2.45) is 0 Å². The molecule has 0 heterocycles. The zero-order chi connectivity index (χ0) is 31.5. The molecule has 0 spiro atoms. The minimum Gasteiger partial charge on any atom is -0.480 e. The number of unbranched alkanes of at least 4 members (excludes halogenated alkanes) is 4. The first-order valence-electron chi connectivity index (χ1n) is 15.4. The molecule has 0 aliphatic heterocycles. The van der Waals surface area contributed by atoms with Crippen molar-refractivity contribution in [2.45, 2.75) is 116 Å². The van der Waals surface area contributed by atoms with Crippen LogP contribution in [0.5, 0.6) is 11.5 Å². The molecule has 0 radical (unpaired) electrons. The molecule has 1 aromatic carbocycles. The number of carbonyl (C=O) groups excluding carboxylic acids is 3. The molecular weight excluding hydrogens is 562 g/mol. The van der Waals surface area contributed by atoms with Crippen LogP contribution in [0.15, 0.2) is 18.2 Å². The molecule has 1 unspecified atom stereocenters. The number of nitrogens with one attached hydrogen (secondary N) is 1. The SMILES string of the molecule is CCCCCOC(=O)Oc1ccc(C[C@H](NCC(C)OC(=O)OC2CCCCC2)C(=O)O)cc1OC(=O)OCCCCC. The van der Waals surface area contributed by atoms with E-state index in [4.69, 9.17) is 28.4 Å².